The smallest absolute Gasteiger partial charge is 0.423 e. The molecule has 88 valence electrons. The second-order valence-electron chi connectivity index (χ2n) is 4.72. The molecule has 0 aliphatic heterocycles. The van der Waals surface area contributed by atoms with Crippen LogP contribution >= 0.6 is 0 Å². The molecule has 0 radical (unpaired) electrons. The van der Waals surface area contributed by atoms with Crippen molar-refractivity contribution in [2.75, 3.05) is 14.1 Å². The van der Waals surface area contributed by atoms with Crippen molar-refractivity contribution in [3.63, 3.8) is 0 Å². The lowest BCUT2D eigenvalue weighted by atomic mass is 9.75. The summed E-state index contributed by atoms with van der Waals surface area (Å²) in [4.78, 5) is 2.01. The number of benzene rings is 1. The molecule has 0 spiro atoms. The van der Waals surface area contributed by atoms with Crippen LogP contribution in [-0.2, 0) is 6.54 Å². The van der Waals surface area contributed by atoms with Crippen molar-refractivity contribution in [2.45, 2.75) is 26.3 Å². The molecule has 1 aromatic rings. The standard InChI is InChI=1S/C12H20BNO2/c1-9(2)10-5-6-11(8-14(3)4)12(7-10)13(15)16/h5-7,9,15-16H,8H2,1-4H3. The monoisotopic (exact) mass is 221 g/mol. The highest BCUT2D eigenvalue weighted by Crippen LogP contribution is 2.14. The summed E-state index contributed by atoms with van der Waals surface area (Å²) < 4.78 is 0. The fourth-order valence-electron chi connectivity index (χ4n) is 1.70. The van der Waals surface area contributed by atoms with Gasteiger partial charge < -0.3 is 14.9 Å². The second kappa shape index (κ2) is 5.48. The van der Waals surface area contributed by atoms with Crippen LogP contribution in [0, 0.1) is 0 Å². The van der Waals surface area contributed by atoms with Gasteiger partial charge in [0.2, 0.25) is 0 Å². The molecule has 0 atom stereocenters. The van der Waals surface area contributed by atoms with E-state index >= 15 is 0 Å². The molecular formula is C12H20BNO2. The molecule has 4 heteroatoms. The van der Waals surface area contributed by atoms with Crippen LogP contribution in [0.2, 0.25) is 0 Å². The van der Waals surface area contributed by atoms with E-state index in [1.165, 1.54) is 0 Å². The Kier molecular flexibility index (Phi) is 4.53. The first-order chi connectivity index (χ1) is 7.41. The molecule has 1 aromatic carbocycles. The maximum Gasteiger partial charge on any atom is 0.488 e. The lowest BCUT2D eigenvalue weighted by molar-refractivity contribution is 0.399. The molecular weight excluding hydrogens is 201 g/mol. The fourth-order valence-corrected chi connectivity index (χ4v) is 1.70. The van der Waals surface area contributed by atoms with Gasteiger partial charge in [-0.1, -0.05) is 32.0 Å². The molecule has 1 rings (SSSR count). The lowest BCUT2D eigenvalue weighted by Crippen LogP contribution is -2.35. The first kappa shape index (κ1) is 13.2. The Morgan fingerprint density at radius 1 is 1.25 bits per heavy atom. The first-order valence-corrected chi connectivity index (χ1v) is 5.55. The molecule has 0 fully saturated rings. The summed E-state index contributed by atoms with van der Waals surface area (Å²) in [7, 11) is 2.53. The predicted octanol–water partition coefficient (Wildman–Crippen LogP) is 0.551. The van der Waals surface area contributed by atoms with E-state index in [9.17, 15) is 10.0 Å². The average molecular weight is 221 g/mol. The van der Waals surface area contributed by atoms with Gasteiger partial charge in [-0.25, -0.2) is 0 Å². The zero-order valence-electron chi connectivity index (χ0n) is 10.4. The molecule has 0 unspecified atom stereocenters. The van der Waals surface area contributed by atoms with Crippen molar-refractivity contribution in [1.82, 2.24) is 4.90 Å². The van der Waals surface area contributed by atoms with Gasteiger partial charge in [-0.05, 0) is 36.6 Å². The van der Waals surface area contributed by atoms with Crippen molar-refractivity contribution in [1.29, 1.82) is 0 Å². The van der Waals surface area contributed by atoms with Gasteiger partial charge in [-0.2, -0.15) is 0 Å². The summed E-state index contributed by atoms with van der Waals surface area (Å²) in [5.41, 5.74) is 2.70. The third kappa shape index (κ3) is 3.34. The second-order valence-corrected chi connectivity index (χ2v) is 4.72. The molecule has 0 amide bonds. The van der Waals surface area contributed by atoms with Gasteiger partial charge >= 0.3 is 7.12 Å². The van der Waals surface area contributed by atoms with Crippen LogP contribution in [0.3, 0.4) is 0 Å². The molecule has 0 heterocycles. The van der Waals surface area contributed by atoms with Gasteiger partial charge in [-0.3, -0.25) is 0 Å². The Labute approximate surface area is 97.9 Å². The molecule has 0 aromatic heterocycles. The van der Waals surface area contributed by atoms with Crippen molar-refractivity contribution in [3.8, 4) is 0 Å². The summed E-state index contributed by atoms with van der Waals surface area (Å²) in [5, 5.41) is 18.7. The van der Waals surface area contributed by atoms with Crippen LogP contribution in [0.15, 0.2) is 18.2 Å². The Morgan fingerprint density at radius 2 is 1.88 bits per heavy atom. The topological polar surface area (TPSA) is 43.7 Å². The van der Waals surface area contributed by atoms with Crippen LogP contribution in [0.25, 0.3) is 0 Å². The highest BCUT2D eigenvalue weighted by atomic mass is 16.4. The summed E-state index contributed by atoms with van der Waals surface area (Å²) >= 11 is 0. The van der Waals surface area contributed by atoms with E-state index < -0.39 is 7.12 Å². The number of hydrogen-bond donors (Lipinski definition) is 2. The average Bonchev–Trinajstić information content (AvgIpc) is 2.16. The van der Waals surface area contributed by atoms with Gasteiger partial charge in [0.1, 0.15) is 0 Å². The van der Waals surface area contributed by atoms with Gasteiger partial charge in [-0.15, -0.1) is 0 Å². The van der Waals surface area contributed by atoms with Crippen LogP contribution < -0.4 is 5.46 Å². The Bertz CT molecular complexity index is 351. The molecule has 0 saturated heterocycles. The Morgan fingerprint density at radius 3 is 2.31 bits per heavy atom. The van der Waals surface area contributed by atoms with E-state index in [1.54, 1.807) is 0 Å². The zero-order chi connectivity index (χ0) is 12.3. The summed E-state index contributed by atoms with van der Waals surface area (Å²) in [6, 6.07) is 5.91. The minimum atomic E-state index is -1.39. The zero-order valence-corrected chi connectivity index (χ0v) is 10.4. The minimum absolute atomic E-state index is 0.394. The quantitative estimate of drug-likeness (QED) is 0.730. The van der Waals surface area contributed by atoms with E-state index in [-0.39, 0.29) is 0 Å². The van der Waals surface area contributed by atoms with Crippen LogP contribution in [0.5, 0.6) is 0 Å². The third-order valence-corrected chi connectivity index (χ3v) is 2.60. The van der Waals surface area contributed by atoms with Crippen molar-refractivity contribution in [2.24, 2.45) is 0 Å². The normalized spacial score (nSPS) is 11.2. The van der Waals surface area contributed by atoms with Crippen molar-refractivity contribution < 1.29 is 10.0 Å². The molecule has 3 nitrogen and oxygen atoms in total. The maximum absolute atomic E-state index is 9.36. The minimum Gasteiger partial charge on any atom is -0.423 e. The lowest BCUT2D eigenvalue weighted by Gasteiger charge is -2.16. The highest BCUT2D eigenvalue weighted by Gasteiger charge is 2.17. The van der Waals surface area contributed by atoms with E-state index in [0.29, 0.717) is 17.9 Å². The Balaban J connectivity index is 3.09. The van der Waals surface area contributed by atoms with Crippen molar-refractivity contribution >= 4 is 12.6 Å². The van der Waals surface area contributed by atoms with E-state index in [0.717, 1.165) is 11.1 Å². The highest BCUT2D eigenvalue weighted by molar-refractivity contribution is 6.59. The molecule has 2 N–H and O–H groups in total. The van der Waals surface area contributed by atoms with E-state index in [2.05, 4.69) is 19.9 Å². The first-order valence-electron chi connectivity index (χ1n) is 5.55. The maximum atomic E-state index is 9.36. The van der Waals surface area contributed by atoms with Crippen molar-refractivity contribution in [3.05, 3.63) is 29.3 Å². The van der Waals surface area contributed by atoms with E-state index in [4.69, 9.17) is 0 Å². The van der Waals surface area contributed by atoms with E-state index in [1.807, 2.05) is 31.1 Å². The predicted molar refractivity (Wildman–Crippen MR) is 67.7 cm³/mol. The van der Waals surface area contributed by atoms with Crippen LogP contribution in [0.1, 0.15) is 30.9 Å². The summed E-state index contributed by atoms with van der Waals surface area (Å²) in [5.74, 6) is 0.394. The number of hydrogen-bond acceptors (Lipinski definition) is 3. The molecule has 16 heavy (non-hydrogen) atoms. The van der Waals surface area contributed by atoms with Gasteiger partial charge in [0.05, 0.1) is 0 Å². The van der Waals surface area contributed by atoms with Gasteiger partial charge in [0.25, 0.3) is 0 Å². The van der Waals surface area contributed by atoms with Crippen LogP contribution in [0.4, 0.5) is 0 Å². The van der Waals surface area contributed by atoms with Crippen LogP contribution in [-0.4, -0.2) is 36.2 Å². The Hall–Kier alpha value is -0.835. The van der Waals surface area contributed by atoms with Gasteiger partial charge in [0, 0.05) is 6.54 Å². The SMILES string of the molecule is CC(C)c1ccc(CN(C)C)c(B(O)O)c1. The molecule has 0 bridgehead atoms. The fraction of sp³-hybridized carbons (Fsp3) is 0.500. The molecule has 0 saturated carbocycles. The number of rotatable bonds is 4. The summed E-state index contributed by atoms with van der Waals surface area (Å²) in [6.07, 6.45) is 0. The van der Waals surface area contributed by atoms with Gasteiger partial charge in [0.15, 0.2) is 0 Å². The number of nitrogens with zero attached hydrogens (tertiary/aromatic N) is 1. The summed E-state index contributed by atoms with van der Waals surface area (Å²) in [6.45, 7) is 4.90. The largest absolute Gasteiger partial charge is 0.488 e. The third-order valence-electron chi connectivity index (χ3n) is 2.60. The molecule has 0 aliphatic carbocycles. The molecule has 0 aliphatic rings.